The standard InChI is InChI=1S/C27H39N5OS/c1-2-31(22-7-5-3-4-6-8-22)20-28-17-23-25(19-33)34-27-26(23)24(11-12-29-27)32-15-13-30(14-16-32)18-21-9-10-21/h11-12,19-22H,2-10,13-18H2,1H3. The molecule has 2 aliphatic carbocycles. The van der Waals surface area contributed by atoms with E-state index >= 15 is 0 Å². The molecule has 0 amide bonds. The Labute approximate surface area is 208 Å². The van der Waals surface area contributed by atoms with Crippen LogP contribution in [0.15, 0.2) is 17.3 Å². The monoisotopic (exact) mass is 481 g/mol. The number of carbonyl (C=O) groups is 1. The second-order valence-corrected chi connectivity index (χ2v) is 11.3. The summed E-state index contributed by atoms with van der Waals surface area (Å²) in [5.74, 6) is 0.941. The summed E-state index contributed by atoms with van der Waals surface area (Å²) in [6.45, 7) is 9.31. The highest BCUT2D eigenvalue weighted by Gasteiger charge is 2.27. The van der Waals surface area contributed by atoms with Crippen molar-refractivity contribution >= 4 is 39.9 Å². The minimum atomic E-state index is 0.539. The fourth-order valence-electron chi connectivity index (χ4n) is 5.70. The van der Waals surface area contributed by atoms with Gasteiger partial charge in [-0.15, -0.1) is 11.3 Å². The number of pyridine rings is 1. The van der Waals surface area contributed by atoms with Crippen molar-refractivity contribution in [1.29, 1.82) is 0 Å². The molecule has 2 aromatic rings. The average molecular weight is 482 g/mol. The Balaban J connectivity index is 1.34. The first-order chi connectivity index (χ1) is 16.8. The number of anilines is 1. The van der Waals surface area contributed by atoms with Gasteiger partial charge in [0.25, 0.3) is 0 Å². The highest BCUT2D eigenvalue weighted by molar-refractivity contribution is 7.20. The maximum Gasteiger partial charge on any atom is 0.160 e. The maximum absolute atomic E-state index is 12.0. The molecule has 34 heavy (non-hydrogen) atoms. The lowest BCUT2D eigenvalue weighted by molar-refractivity contribution is 0.112. The predicted octanol–water partition coefficient (Wildman–Crippen LogP) is 5.21. The number of aldehydes is 1. The van der Waals surface area contributed by atoms with Crippen molar-refractivity contribution in [2.75, 3.05) is 44.2 Å². The molecule has 0 radical (unpaired) electrons. The zero-order valence-electron chi connectivity index (χ0n) is 20.6. The van der Waals surface area contributed by atoms with E-state index < -0.39 is 0 Å². The molecule has 6 nitrogen and oxygen atoms in total. The van der Waals surface area contributed by atoms with E-state index in [1.165, 1.54) is 74.9 Å². The molecule has 0 N–H and O–H groups in total. The Hall–Kier alpha value is -1.99. The summed E-state index contributed by atoms with van der Waals surface area (Å²) in [6, 6.07) is 2.74. The van der Waals surface area contributed by atoms with Crippen LogP contribution in [0.2, 0.25) is 0 Å². The molecule has 3 heterocycles. The van der Waals surface area contributed by atoms with Crippen LogP contribution in [0.1, 0.15) is 73.5 Å². The first kappa shape index (κ1) is 23.7. The van der Waals surface area contributed by atoms with Crippen LogP contribution in [-0.4, -0.2) is 72.7 Å². The molecule has 7 heteroatoms. The zero-order chi connectivity index (χ0) is 23.3. The number of rotatable bonds is 9. The van der Waals surface area contributed by atoms with E-state index in [0.717, 1.165) is 65.6 Å². The van der Waals surface area contributed by atoms with Crippen molar-refractivity contribution in [3.05, 3.63) is 22.7 Å². The quantitative estimate of drug-likeness (QED) is 0.213. The van der Waals surface area contributed by atoms with Crippen LogP contribution in [0.4, 0.5) is 5.69 Å². The van der Waals surface area contributed by atoms with Gasteiger partial charge in [0.05, 0.1) is 17.8 Å². The lowest BCUT2D eigenvalue weighted by atomic mass is 10.1. The summed E-state index contributed by atoms with van der Waals surface area (Å²) in [4.78, 5) is 30.8. The van der Waals surface area contributed by atoms with Crippen LogP contribution in [-0.2, 0) is 6.54 Å². The molecule has 2 aromatic heterocycles. The number of fused-ring (bicyclic) bond motifs is 1. The van der Waals surface area contributed by atoms with E-state index in [9.17, 15) is 4.79 Å². The molecule has 0 unspecified atom stereocenters. The predicted molar refractivity (Wildman–Crippen MR) is 142 cm³/mol. The summed E-state index contributed by atoms with van der Waals surface area (Å²) < 4.78 is 0. The molecule has 3 fully saturated rings. The Kier molecular flexibility index (Phi) is 7.80. The normalized spacial score (nSPS) is 20.8. The minimum absolute atomic E-state index is 0.539. The van der Waals surface area contributed by atoms with Gasteiger partial charge in [0.15, 0.2) is 6.29 Å². The number of hydrogen-bond donors (Lipinski definition) is 0. The number of aliphatic imine (C=N–C) groups is 1. The number of thiophene rings is 1. The third kappa shape index (κ3) is 5.46. The minimum Gasteiger partial charge on any atom is -0.368 e. The second-order valence-electron chi connectivity index (χ2n) is 10.2. The van der Waals surface area contributed by atoms with Crippen molar-refractivity contribution in [2.45, 2.75) is 70.9 Å². The average Bonchev–Trinajstić information content (AvgIpc) is 3.66. The van der Waals surface area contributed by atoms with Crippen molar-refractivity contribution in [3.8, 4) is 0 Å². The fourth-order valence-corrected chi connectivity index (χ4v) is 6.69. The number of carbonyl (C=O) groups excluding carboxylic acids is 1. The molecule has 2 saturated carbocycles. The third-order valence-electron chi connectivity index (χ3n) is 7.87. The van der Waals surface area contributed by atoms with Crippen molar-refractivity contribution in [2.24, 2.45) is 10.9 Å². The molecule has 1 aliphatic heterocycles. The van der Waals surface area contributed by atoms with E-state index in [2.05, 4.69) is 39.0 Å². The molecule has 3 aliphatic rings. The highest BCUT2D eigenvalue weighted by atomic mass is 32.1. The van der Waals surface area contributed by atoms with Crippen LogP contribution in [0.5, 0.6) is 0 Å². The van der Waals surface area contributed by atoms with Crippen molar-refractivity contribution in [1.82, 2.24) is 14.8 Å². The first-order valence-electron chi connectivity index (χ1n) is 13.4. The van der Waals surface area contributed by atoms with E-state index in [1.807, 2.05) is 6.20 Å². The van der Waals surface area contributed by atoms with E-state index in [-0.39, 0.29) is 0 Å². The first-order valence-corrected chi connectivity index (χ1v) is 14.2. The molecule has 0 aromatic carbocycles. The van der Waals surface area contributed by atoms with Gasteiger partial charge in [-0.2, -0.15) is 0 Å². The Morgan fingerprint density at radius 1 is 1.12 bits per heavy atom. The Bertz CT molecular complexity index is 984. The summed E-state index contributed by atoms with van der Waals surface area (Å²) >= 11 is 1.51. The van der Waals surface area contributed by atoms with Gasteiger partial charge >= 0.3 is 0 Å². The molecular formula is C27H39N5OS. The summed E-state index contributed by atoms with van der Waals surface area (Å²) in [7, 11) is 0. The molecule has 5 rings (SSSR count). The number of nitrogens with zero attached hydrogens (tertiary/aromatic N) is 5. The molecule has 0 atom stereocenters. The number of hydrogen-bond acceptors (Lipinski definition) is 6. The largest absolute Gasteiger partial charge is 0.368 e. The molecule has 0 spiro atoms. The van der Waals surface area contributed by atoms with Crippen molar-refractivity contribution in [3.63, 3.8) is 0 Å². The Morgan fingerprint density at radius 2 is 1.88 bits per heavy atom. The third-order valence-corrected chi connectivity index (χ3v) is 8.94. The topological polar surface area (TPSA) is 52.0 Å². The molecule has 0 bridgehead atoms. The highest BCUT2D eigenvalue weighted by Crippen LogP contribution is 2.37. The number of piperazine rings is 1. The smallest absolute Gasteiger partial charge is 0.160 e. The van der Waals surface area contributed by atoms with Crippen LogP contribution in [0, 0.1) is 5.92 Å². The SMILES string of the molecule is CCN(C=NCc1c(C=O)sc2nccc(N3CCN(CC4CC4)CC3)c12)C1CCCCCC1. The summed E-state index contributed by atoms with van der Waals surface area (Å²) in [5, 5.41) is 1.14. The summed E-state index contributed by atoms with van der Waals surface area (Å²) in [6.07, 6.45) is 15.7. The second kappa shape index (κ2) is 11.2. The van der Waals surface area contributed by atoms with Gasteiger partial charge in [-0.1, -0.05) is 25.7 Å². The van der Waals surface area contributed by atoms with Crippen LogP contribution in [0.3, 0.4) is 0 Å². The maximum atomic E-state index is 12.0. The van der Waals surface area contributed by atoms with E-state index in [1.54, 1.807) is 0 Å². The molecule has 1 saturated heterocycles. The van der Waals surface area contributed by atoms with Gasteiger partial charge in [-0.3, -0.25) is 14.7 Å². The zero-order valence-corrected chi connectivity index (χ0v) is 21.4. The van der Waals surface area contributed by atoms with Crippen molar-refractivity contribution < 1.29 is 4.79 Å². The van der Waals surface area contributed by atoms with Gasteiger partial charge in [-0.25, -0.2) is 4.98 Å². The molecule has 184 valence electrons. The van der Waals surface area contributed by atoms with Gasteiger partial charge in [0.1, 0.15) is 4.83 Å². The van der Waals surface area contributed by atoms with Crippen LogP contribution >= 0.6 is 11.3 Å². The van der Waals surface area contributed by atoms with E-state index in [4.69, 9.17) is 4.99 Å². The lowest BCUT2D eigenvalue weighted by Gasteiger charge is -2.36. The summed E-state index contributed by atoms with van der Waals surface area (Å²) in [5.41, 5.74) is 2.27. The van der Waals surface area contributed by atoms with Gasteiger partial charge in [0, 0.05) is 68.1 Å². The number of aromatic nitrogens is 1. The van der Waals surface area contributed by atoms with Crippen LogP contribution < -0.4 is 4.90 Å². The van der Waals surface area contributed by atoms with Gasteiger partial charge in [0.2, 0.25) is 0 Å². The lowest BCUT2D eigenvalue weighted by Crippen LogP contribution is -2.47. The van der Waals surface area contributed by atoms with Gasteiger partial charge in [-0.05, 0) is 44.6 Å². The van der Waals surface area contributed by atoms with Gasteiger partial charge < -0.3 is 9.80 Å². The fraction of sp³-hybridized carbons (Fsp3) is 0.667. The Morgan fingerprint density at radius 3 is 2.56 bits per heavy atom. The van der Waals surface area contributed by atoms with Crippen LogP contribution in [0.25, 0.3) is 10.2 Å². The van der Waals surface area contributed by atoms with E-state index in [0.29, 0.717) is 12.6 Å². The molecular weight excluding hydrogens is 442 g/mol.